The summed E-state index contributed by atoms with van der Waals surface area (Å²) in [5, 5.41) is 12.8. The SMILES string of the molecule is NC(=O)C1CCC(NC(=O)O)C(=O)N1. The molecule has 7 nitrogen and oxygen atoms in total. The number of nitrogens with one attached hydrogen (secondary N) is 2. The van der Waals surface area contributed by atoms with E-state index in [1.54, 1.807) is 0 Å². The van der Waals surface area contributed by atoms with Crippen molar-refractivity contribution in [3.8, 4) is 0 Å². The van der Waals surface area contributed by atoms with E-state index in [1.807, 2.05) is 5.32 Å². The Morgan fingerprint density at radius 3 is 2.57 bits per heavy atom. The van der Waals surface area contributed by atoms with Crippen molar-refractivity contribution in [1.29, 1.82) is 0 Å². The van der Waals surface area contributed by atoms with Crippen molar-refractivity contribution in [2.24, 2.45) is 5.73 Å². The number of nitrogens with two attached hydrogens (primary N) is 1. The molecule has 1 aliphatic rings. The average molecular weight is 201 g/mol. The Bertz CT molecular complexity index is 278. The molecule has 78 valence electrons. The van der Waals surface area contributed by atoms with Crippen LogP contribution in [0.4, 0.5) is 4.79 Å². The van der Waals surface area contributed by atoms with Gasteiger partial charge in [0.25, 0.3) is 0 Å². The predicted octanol–water partition coefficient (Wildman–Crippen LogP) is -1.61. The minimum atomic E-state index is -1.26. The molecule has 0 aromatic rings. The molecule has 1 aliphatic heterocycles. The number of hydrogen-bond acceptors (Lipinski definition) is 3. The number of rotatable bonds is 2. The van der Waals surface area contributed by atoms with E-state index in [2.05, 4.69) is 5.32 Å². The Hall–Kier alpha value is -1.79. The number of hydrogen-bond donors (Lipinski definition) is 4. The van der Waals surface area contributed by atoms with Crippen LogP contribution in [0.15, 0.2) is 0 Å². The van der Waals surface area contributed by atoms with Crippen molar-refractivity contribution in [2.45, 2.75) is 24.9 Å². The lowest BCUT2D eigenvalue weighted by molar-refractivity contribution is -0.130. The fourth-order valence-electron chi connectivity index (χ4n) is 1.31. The van der Waals surface area contributed by atoms with Gasteiger partial charge < -0.3 is 21.5 Å². The zero-order chi connectivity index (χ0) is 10.7. The third kappa shape index (κ3) is 2.35. The standard InChI is InChI=1S/C7H11N3O4/c8-5(11)3-1-2-4(6(12)9-3)10-7(13)14/h3-4,10H,1-2H2,(H2,8,11)(H,9,12)(H,13,14). The summed E-state index contributed by atoms with van der Waals surface area (Å²) in [6.45, 7) is 0. The maximum atomic E-state index is 11.2. The summed E-state index contributed by atoms with van der Waals surface area (Å²) >= 11 is 0. The molecule has 7 heteroatoms. The normalized spacial score (nSPS) is 26.4. The van der Waals surface area contributed by atoms with E-state index in [-0.39, 0.29) is 6.42 Å². The highest BCUT2D eigenvalue weighted by Crippen LogP contribution is 2.08. The number of piperidine rings is 1. The number of amides is 3. The second-order valence-electron chi connectivity index (χ2n) is 3.04. The van der Waals surface area contributed by atoms with Gasteiger partial charge in [0.2, 0.25) is 11.8 Å². The van der Waals surface area contributed by atoms with Crippen LogP contribution >= 0.6 is 0 Å². The highest BCUT2D eigenvalue weighted by atomic mass is 16.4. The molecule has 1 heterocycles. The lowest BCUT2D eigenvalue weighted by Crippen LogP contribution is -2.57. The van der Waals surface area contributed by atoms with Gasteiger partial charge in [0.05, 0.1) is 0 Å². The molecule has 5 N–H and O–H groups in total. The first kappa shape index (κ1) is 10.3. The average Bonchev–Trinajstić information content (AvgIpc) is 2.07. The molecular weight excluding hydrogens is 190 g/mol. The molecule has 0 aromatic carbocycles. The third-order valence-corrected chi connectivity index (χ3v) is 2.02. The molecule has 3 amide bonds. The molecule has 0 radical (unpaired) electrons. The Balaban J connectivity index is 2.52. The molecule has 0 aliphatic carbocycles. The fourth-order valence-corrected chi connectivity index (χ4v) is 1.31. The van der Waals surface area contributed by atoms with Crippen LogP contribution in [-0.4, -0.2) is 35.1 Å². The van der Waals surface area contributed by atoms with Gasteiger partial charge in [0, 0.05) is 0 Å². The van der Waals surface area contributed by atoms with Gasteiger partial charge in [-0.1, -0.05) is 0 Å². The Morgan fingerprint density at radius 2 is 2.14 bits per heavy atom. The van der Waals surface area contributed by atoms with E-state index in [4.69, 9.17) is 10.8 Å². The molecule has 0 spiro atoms. The van der Waals surface area contributed by atoms with E-state index < -0.39 is 30.0 Å². The summed E-state index contributed by atoms with van der Waals surface area (Å²) in [5.74, 6) is -1.12. The second-order valence-corrected chi connectivity index (χ2v) is 3.04. The van der Waals surface area contributed by atoms with Gasteiger partial charge in [0.1, 0.15) is 12.1 Å². The first-order chi connectivity index (χ1) is 6.50. The molecular formula is C7H11N3O4. The van der Waals surface area contributed by atoms with Gasteiger partial charge in [-0.25, -0.2) is 4.79 Å². The van der Waals surface area contributed by atoms with E-state index >= 15 is 0 Å². The van der Waals surface area contributed by atoms with Crippen LogP contribution in [0, 0.1) is 0 Å². The van der Waals surface area contributed by atoms with Crippen molar-refractivity contribution >= 4 is 17.9 Å². The zero-order valence-electron chi connectivity index (χ0n) is 7.32. The molecule has 0 saturated carbocycles. The van der Waals surface area contributed by atoms with Crippen LogP contribution < -0.4 is 16.4 Å². The summed E-state index contributed by atoms with van der Waals surface area (Å²) in [4.78, 5) is 32.1. The smallest absolute Gasteiger partial charge is 0.405 e. The molecule has 14 heavy (non-hydrogen) atoms. The van der Waals surface area contributed by atoms with Crippen molar-refractivity contribution in [3.63, 3.8) is 0 Å². The van der Waals surface area contributed by atoms with Crippen molar-refractivity contribution in [2.75, 3.05) is 0 Å². The summed E-state index contributed by atoms with van der Waals surface area (Å²) in [7, 11) is 0. The quantitative estimate of drug-likeness (QED) is 0.429. The van der Waals surface area contributed by atoms with E-state index in [9.17, 15) is 14.4 Å². The highest BCUT2D eigenvalue weighted by molar-refractivity contribution is 5.91. The van der Waals surface area contributed by atoms with Crippen LogP contribution in [0.2, 0.25) is 0 Å². The van der Waals surface area contributed by atoms with Crippen molar-refractivity contribution < 1.29 is 19.5 Å². The molecule has 1 saturated heterocycles. The monoisotopic (exact) mass is 201 g/mol. The van der Waals surface area contributed by atoms with E-state index in [1.165, 1.54) is 0 Å². The first-order valence-electron chi connectivity index (χ1n) is 4.10. The lowest BCUT2D eigenvalue weighted by atomic mass is 10.00. The van der Waals surface area contributed by atoms with Gasteiger partial charge in [-0.05, 0) is 12.8 Å². The molecule has 0 aromatic heterocycles. The molecule has 2 atom stereocenters. The molecule has 1 fully saturated rings. The van der Waals surface area contributed by atoms with E-state index in [0.717, 1.165) is 0 Å². The summed E-state index contributed by atoms with van der Waals surface area (Å²) in [5.41, 5.74) is 4.99. The topological polar surface area (TPSA) is 122 Å². The molecule has 0 bridgehead atoms. The summed E-state index contributed by atoms with van der Waals surface area (Å²) < 4.78 is 0. The minimum absolute atomic E-state index is 0.283. The lowest BCUT2D eigenvalue weighted by Gasteiger charge is -2.26. The molecule has 1 rings (SSSR count). The number of carboxylic acid groups (broad SMARTS) is 1. The van der Waals surface area contributed by atoms with Crippen LogP contribution in [0.1, 0.15) is 12.8 Å². The number of carbonyl (C=O) groups is 3. The van der Waals surface area contributed by atoms with Crippen LogP contribution in [0.3, 0.4) is 0 Å². The summed E-state index contributed by atoms with van der Waals surface area (Å²) in [6.07, 6.45) is -0.625. The van der Waals surface area contributed by atoms with Crippen LogP contribution in [0.25, 0.3) is 0 Å². The number of primary amides is 1. The minimum Gasteiger partial charge on any atom is -0.465 e. The first-order valence-corrected chi connectivity index (χ1v) is 4.10. The van der Waals surface area contributed by atoms with Gasteiger partial charge in [-0.2, -0.15) is 0 Å². The number of carbonyl (C=O) groups excluding carboxylic acids is 2. The van der Waals surface area contributed by atoms with Gasteiger partial charge >= 0.3 is 6.09 Å². The largest absolute Gasteiger partial charge is 0.465 e. The Kier molecular flexibility index (Phi) is 2.90. The summed E-state index contributed by atoms with van der Waals surface area (Å²) in [6, 6.07) is -1.47. The van der Waals surface area contributed by atoms with Gasteiger partial charge in [-0.3, -0.25) is 9.59 Å². The van der Waals surface area contributed by atoms with Crippen molar-refractivity contribution in [1.82, 2.24) is 10.6 Å². The maximum Gasteiger partial charge on any atom is 0.405 e. The van der Waals surface area contributed by atoms with Crippen LogP contribution in [-0.2, 0) is 9.59 Å². The fraction of sp³-hybridized carbons (Fsp3) is 0.571. The van der Waals surface area contributed by atoms with Crippen LogP contribution in [0.5, 0.6) is 0 Å². The molecule has 2 unspecified atom stereocenters. The van der Waals surface area contributed by atoms with E-state index in [0.29, 0.717) is 6.42 Å². The van der Waals surface area contributed by atoms with Crippen molar-refractivity contribution in [3.05, 3.63) is 0 Å². The zero-order valence-corrected chi connectivity index (χ0v) is 7.32. The maximum absolute atomic E-state index is 11.2. The van der Waals surface area contributed by atoms with Gasteiger partial charge in [-0.15, -0.1) is 0 Å². The Morgan fingerprint density at radius 1 is 1.50 bits per heavy atom. The predicted molar refractivity (Wildman–Crippen MR) is 45.3 cm³/mol. The highest BCUT2D eigenvalue weighted by Gasteiger charge is 2.31. The third-order valence-electron chi connectivity index (χ3n) is 2.02. The second kappa shape index (κ2) is 3.95. The Labute approximate surface area is 79.6 Å². The van der Waals surface area contributed by atoms with Gasteiger partial charge in [0.15, 0.2) is 0 Å².